The lowest BCUT2D eigenvalue weighted by Gasteiger charge is -2.26. The summed E-state index contributed by atoms with van der Waals surface area (Å²) < 4.78 is 0. The topological polar surface area (TPSA) is 84.0 Å². The van der Waals surface area contributed by atoms with Crippen LogP contribution in [0, 0.1) is 18.3 Å². The smallest absolute Gasteiger partial charge is 0.249 e. The average Bonchev–Trinajstić information content (AvgIpc) is 3.07. The van der Waals surface area contributed by atoms with Gasteiger partial charge in [-0.15, -0.1) is 21.8 Å². The number of halogens is 1. The van der Waals surface area contributed by atoms with E-state index in [2.05, 4.69) is 20.8 Å². The normalized spacial score (nSPS) is 12.7. The SMILES string of the molecule is Cc1cccc(-c2nnc(NC(=O)[C@@H](NC(=O)C(C)(C)CCl)C(C)C)s2)c1. The van der Waals surface area contributed by atoms with Crippen molar-refractivity contribution in [2.45, 2.75) is 40.7 Å². The van der Waals surface area contributed by atoms with Crippen LogP contribution in [0.4, 0.5) is 5.13 Å². The highest BCUT2D eigenvalue weighted by molar-refractivity contribution is 7.18. The molecule has 2 aromatic rings. The zero-order chi connectivity index (χ0) is 20.2. The van der Waals surface area contributed by atoms with Crippen molar-refractivity contribution in [3.63, 3.8) is 0 Å². The van der Waals surface area contributed by atoms with Crippen molar-refractivity contribution in [3.05, 3.63) is 29.8 Å². The first-order chi connectivity index (χ1) is 12.6. The highest BCUT2D eigenvalue weighted by atomic mass is 35.5. The van der Waals surface area contributed by atoms with Gasteiger partial charge in [0.2, 0.25) is 16.9 Å². The Bertz CT molecular complexity index is 820. The Hall–Kier alpha value is -1.99. The minimum absolute atomic E-state index is 0.0933. The molecule has 0 aliphatic carbocycles. The number of carbonyl (C=O) groups excluding carboxylic acids is 2. The standard InChI is InChI=1S/C19H25ClN4O2S/c1-11(2)14(21-17(26)19(4,5)10-20)15(25)22-18-24-23-16(27-18)13-8-6-7-12(3)9-13/h6-9,11,14H,10H2,1-5H3,(H,21,26)(H,22,24,25)/t14-/m0/s1. The van der Waals surface area contributed by atoms with Crippen LogP contribution >= 0.6 is 22.9 Å². The molecule has 0 aliphatic heterocycles. The molecule has 0 radical (unpaired) electrons. The van der Waals surface area contributed by atoms with Crippen LogP contribution in [-0.4, -0.2) is 33.9 Å². The second kappa shape index (κ2) is 8.80. The predicted molar refractivity (Wildman–Crippen MR) is 110 cm³/mol. The van der Waals surface area contributed by atoms with Gasteiger partial charge in [-0.05, 0) is 32.8 Å². The maximum Gasteiger partial charge on any atom is 0.249 e. The minimum atomic E-state index is -0.754. The van der Waals surface area contributed by atoms with Gasteiger partial charge in [0.05, 0.1) is 5.41 Å². The summed E-state index contributed by atoms with van der Waals surface area (Å²) in [7, 11) is 0. The molecule has 0 unspecified atom stereocenters. The fourth-order valence-electron chi connectivity index (χ4n) is 2.28. The van der Waals surface area contributed by atoms with Crippen molar-refractivity contribution >= 4 is 39.9 Å². The lowest BCUT2D eigenvalue weighted by Crippen LogP contribution is -2.51. The van der Waals surface area contributed by atoms with Crippen LogP contribution in [-0.2, 0) is 9.59 Å². The number of carbonyl (C=O) groups is 2. The van der Waals surface area contributed by atoms with Gasteiger partial charge in [0, 0.05) is 11.4 Å². The molecule has 146 valence electrons. The molecule has 0 fully saturated rings. The number of hydrogen-bond donors (Lipinski definition) is 2. The third kappa shape index (κ3) is 5.49. The van der Waals surface area contributed by atoms with E-state index >= 15 is 0 Å². The maximum atomic E-state index is 12.7. The van der Waals surface area contributed by atoms with Crippen LogP contribution in [0.25, 0.3) is 10.6 Å². The molecule has 2 amide bonds. The molecular weight excluding hydrogens is 384 g/mol. The van der Waals surface area contributed by atoms with Gasteiger partial charge in [0.1, 0.15) is 11.0 Å². The number of aryl methyl sites for hydroxylation is 1. The van der Waals surface area contributed by atoms with E-state index in [1.165, 1.54) is 11.3 Å². The van der Waals surface area contributed by atoms with Crippen molar-refractivity contribution in [1.82, 2.24) is 15.5 Å². The number of anilines is 1. The van der Waals surface area contributed by atoms with Crippen molar-refractivity contribution in [2.24, 2.45) is 11.3 Å². The summed E-state index contributed by atoms with van der Waals surface area (Å²) >= 11 is 7.15. The molecule has 27 heavy (non-hydrogen) atoms. The Kier molecular flexibility index (Phi) is 6.95. The number of hydrogen-bond acceptors (Lipinski definition) is 5. The molecule has 0 aliphatic rings. The maximum absolute atomic E-state index is 12.7. The third-order valence-electron chi connectivity index (χ3n) is 4.10. The number of benzene rings is 1. The summed E-state index contributed by atoms with van der Waals surface area (Å²) in [4.78, 5) is 25.1. The number of aromatic nitrogens is 2. The first-order valence-corrected chi connectivity index (χ1v) is 10.1. The van der Waals surface area contributed by atoms with Gasteiger partial charge in [-0.2, -0.15) is 0 Å². The molecule has 0 spiro atoms. The summed E-state index contributed by atoms with van der Waals surface area (Å²) in [6, 6.07) is 7.23. The molecule has 2 N–H and O–H groups in total. The molecule has 0 saturated heterocycles. The van der Waals surface area contributed by atoms with E-state index in [0.29, 0.717) is 5.13 Å². The van der Waals surface area contributed by atoms with E-state index in [4.69, 9.17) is 11.6 Å². The quantitative estimate of drug-likeness (QED) is 0.681. The number of amides is 2. The van der Waals surface area contributed by atoms with E-state index in [1.807, 2.05) is 45.0 Å². The first kappa shape index (κ1) is 21.3. The molecule has 0 bridgehead atoms. The zero-order valence-electron chi connectivity index (χ0n) is 16.2. The Labute approximate surface area is 168 Å². The van der Waals surface area contributed by atoms with Crippen LogP contribution in [0.3, 0.4) is 0 Å². The number of nitrogens with one attached hydrogen (secondary N) is 2. The monoisotopic (exact) mass is 408 g/mol. The zero-order valence-corrected chi connectivity index (χ0v) is 17.7. The van der Waals surface area contributed by atoms with Gasteiger partial charge in [0.15, 0.2) is 0 Å². The molecule has 8 heteroatoms. The van der Waals surface area contributed by atoms with E-state index in [0.717, 1.165) is 16.1 Å². The number of nitrogens with zero attached hydrogens (tertiary/aromatic N) is 2. The summed E-state index contributed by atoms with van der Waals surface area (Å²) in [5.41, 5.74) is 1.32. The van der Waals surface area contributed by atoms with Gasteiger partial charge < -0.3 is 5.32 Å². The van der Waals surface area contributed by atoms with Crippen LogP contribution in [0.1, 0.15) is 33.3 Å². The average molecular weight is 409 g/mol. The van der Waals surface area contributed by atoms with E-state index in [1.54, 1.807) is 13.8 Å². The van der Waals surface area contributed by atoms with E-state index < -0.39 is 11.5 Å². The fourth-order valence-corrected chi connectivity index (χ4v) is 3.15. The van der Waals surface area contributed by atoms with Gasteiger partial charge in [-0.3, -0.25) is 14.9 Å². The Morgan fingerprint density at radius 3 is 2.56 bits per heavy atom. The van der Waals surface area contributed by atoms with Crippen molar-refractivity contribution in [2.75, 3.05) is 11.2 Å². The van der Waals surface area contributed by atoms with Crippen LogP contribution in [0.2, 0.25) is 0 Å². The number of alkyl halides is 1. The second-order valence-electron chi connectivity index (χ2n) is 7.48. The van der Waals surface area contributed by atoms with E-state index in [-0.39, 0.29) is 23.6 Å². The molecular formula is C19H25ClN4O2S. The lowest BCUT2D eigenvalue weighted by atomic mass is 9.93. The lowest BCUT2D eigenvalue weighted by molar-refractivity contribution is -0.132. The molecule has 1 aromatic heterocycles. The minimum Gasteiger partial charge on any atom is -0.344 e. The first-order valence-electron chi connectivity index (χ1n) is 8.72. The highest BCUT2D eigenvalue weighted by Crippen LogP contribution is 2.27. The highest BCUT2D eigenvalue weighted by Gasteiger charge is 2.32. The van der Waals surface area contributed by atoms with Gasteiger partial charge >= 0.3 is 0 Å². The van der Waals surface area contributed by atoms with Crippen LogP contribution < -0.4 is 10.6 Å². The summed E-state index contributed by atoms with van der Waals surface area (Å²) in [6.07, 6.45) is 0. The Morgan fingerprint density at radius 2 is 1.96 bits per heavy atom. The summed E-state index contributed by atoms with van der Waals surface area (Å²) in [6.45, 7) is 9.23. The van der Waals surface area contributed by atoms with Crippen LogP contribution in [0.5, 0.6) is 0 Å². The van der Waals surface area contributed by atoms with Gasteiger partial charge in [-0.1, -0.05) is 48.9 Å². The number of rotatable bonds is 7. The fraction of sp³-hybridized carbons (Fsp3) is 0.474. The summed E-state index contributed by atoms with van der Waals surface area (Å²) in [5, 5.41) is 14.9. The third-order valence-corrected chi connectivity index (χ3v) is 5.66. The van der Waals surface area contributed by atoms with Crippen molar-refractivity contribution in [3.8, 4) is 10.6 Å². The van der Waals surface area contributed by atoms with Crippen LogP contribution in [0.15, 0.2) is 24.3 Å². The Morgan fingerprint density at radius 1 is 1.26 bits per heavy atom. The molecule has 1 aromatic carbocycles. The van der Waals surface area contributed by atoms with Crippen molar-refractivity contribution < 1.29 is 9.59 Å². The largest absolute Gasteiger partial charge is 0.344 e. The second-order valence-corrected chi connectivity index (χ2v) is 8.73. The van der Waals surface area contributed by atoms with E-state index in [9.17, 15) is 9.59 Å². The van der Waals surface area contributed by atoms with Gasteiger partial charge in [0.25, 0.3) is 0 Å². The molecule has 1 atom stereocenters. The molecule has 0 saturated carbocycles. The molecule has 6 nitrogen and oxygen atoms in total. The van der Waals surface area contributed by atoms with Crippen molar-refractivity contribution in [1.29, 1.82) is 0 Å². The summed E-state index contributed by atoms with van der Waals surface area (Å²) in [5.74, 6) is -0.509. The molecule has 1 heterocycles. The molecule has 2 rings (SSSR count). The predicted octanol–water partition coefficient (Wildman–Crippen LogP) is 3.86. The Balaban J connectivity index is 2.11. The van der Waals surface area contributed by atoms with Gasteiger partial charge in [-0.25, -0.2) is 0 Å².